The maximum absolute atomic E-state index is 12.8. The smallest absolute Gasteiger partial charge is 0.326 e. The number of aromatic nitrogens is 1. The van der Waals surface area contributed by atoms with Gasteiger partial charge in [-0.05, 0) is 36.6 Å². The molecule has 3 N–H and O–H groups in total. The van der Waals surface area contributed by atoms with E-state index in [1.54, 1.807) is 36.5 Å². The number of carbonyl (C=O) groups is 2. The van der Waals surface area contributed by atoms with Crippen molar-refractivity contribution in [2.24, 2.45) is 5.92 Å². The molecule has 168 valence electrons. The van der Waals surface area contributed by atoms with E-state index >= 15 is 0 Å². The first-order chi connectivity index (χ1) is 15.4. The standard InChI is InChI=1S/C23H25N3O5S/c27-22(16-10-12-26(13-11-16)32(30,31)18-6-2-1-3-7-18)25-21(23(28)29)14-17-15-24-20-9-5-4-8-19(17)20/h1-9,15-16,21,24H,10-14H2,(H,25,27)(H,28,29)/t21-/m0/s1. The molecule has 2 aromatic carbocycles. The maximum atomic E-state index is 12.8. The molecule has 0 saturated carbocycles. The van der Waals surface area contributed by atoms with E-state index in [0.29, 0.717) is 12.8 Å². The number of fused-ring (bicyclic) bond motifs is 1. The van der Waals surface area contributed by atoms with Gasteiger partial charge in [0.1, 0.15) is 6.04 Å². The number of para-hydroxylation sites is 1. The highest BCUT2D eigenvalue weighted by Crippen LogP contribution is 2.24. The molecule has 0 spiro atoms. The van der Waals surface area contributed by atoms with Crippen molar-refractivity contribution in [3.05, 3.63) is 66.4 Å². The lowest BCUT2D eigenvalue weighted by molar-refractivity contribution is -0.142. The quantitative estimate of drug-likeness (QED) is 0.505. The molecule has 1 atom stereocenters. The summed E-state index contributed by atoms with van der Waals surface area (Å²) in [6.45, 7) is 0.436. The number of carboxylic acid groups (broad SMARTS) is 1. The number of rotatable bonds is 7. The van der Waals surface area contributed by atoms with E-state index in [0.717, 1.165) is 16.5 Å². The Bertz CT molecular complexity index is 1210. The summed E-state index contributed by atoms with van der Waals surface area (Å²) < 4.78 is 26.9. The van der Waals surface area contributed by atoms with E-state index in [2.05, 4.69) is 10.3 Å². The molecule has 9 heteroatoms. The number of nitrogens with one attached hydrogen (secondary N) is 2. The summed E-state index contributed by atoms with van der Waals surface area (Å²) >= 11 is 0. The molecule has 1 amide bonds. The minimum Gasteiger partial charge on any atom is -0.480 e. The molecule has 4 rings (SSSR count). The van der Waals surface area contributed by atoms with Gasteiger partial charge in [-0.15, -0.1) is 0 Å². The van der Waals surface area contributed by atoms with Crippen LogP contribution in [-0.2, 0) is 26.0 Å². The highest BCUT2D eigenvalue weighted by atomic mass is 32.2. The van der Waals surface area contributed by atoms with E-state index in [4.69, 9.17) is 0 Å². The van der Waals surface area contributed by atoms with Crippen molar-refractivity contribution in [2.75, 3.05) is 13.1 Å². The van der Waals surface area contributed by atoms with Crippen molar-refractivity contribution in [1.29, 1.82) is 0 Å². The lowest BCUT2D eigenvalue weighted by Crippen LogP contribution is -2.48. The molecule has 0 unspecified atom stereocenters. The van der Waals surface area contributed by atoms with Gasteiger partial charge in [0.25, 0.3) is 0 Å². The number of hydrogen-bond acceptors (Lipinski definition) is 4. The first-order valence-electron chi connectivity index (χ1n) is 10.5. The Labute approximate surface area is 186 Å². The summed E-state index contributed by atoms with van der Waals surface area (Å²) in [5.41, 5.74) is 1.72. The minimum absolute atomic E-state index is 0.159. The number of hydrogen-bond donors (Lipinski definition) is 3. The normalized spacial score (nSPS) is 16.6. The molecule has 32 heavy (non-hydrogen) atoms. The zero-order valence-corrected chi connectivity index (χ0v) is 18.2. The second-order valence-corrected chi connectivity index (χ2v) is 9.89. The molecule has 0 aliphatic carbocycles. The largest absolute Gasteiger partial charge is 0.480 e. The minimum atomic E-state index is -3.60. The number of sulfonamides is 1. The Morgan fingerprint density at radius 1 is 1.06 bits per heavy atom. The highest BCUT2D eigenvalue weighted by Gasteiger charge is 2.33. The monoisotopic (exact) mass is 455 g/mol. The first kappa shape index (κ1) is 22.0. The Morgan fingerprint density at radius 3 is 2.41 bits per heavy atom. The second kappa shape index (κ2) is 9.13. The zero-order chi connectivity index (χ0) is 22.7. The van der Waals surface area contributed by atoms with Gasteiger partial charge < -0.3 is 15.4 Å². The number of H-pyrrole nitrogens is 1. The summed E-state index contributed by atoms with van der Waals surface area (Å²) in [5, 5.41) is 13.2. The Morgan fingerprint density at radius 2 is 1.72 bits per heavy atom. The fraction of sp³-hybridized carbons (Fsp3) is 0.304. The second-order valence-electron chi connectivity index (χ2n) is 7.95. The molecule has 2 heterocycles. The molecule has 0 bridgehead atoms. The molecule has 0 radical (unpaired) electrons. The van der Waals surface area contributed by atoms with Gasteiger partial charge in [-0.2, -0.15) is 4.31 Å². The van der Waals surface area contributed by atoms with Gasteiger partial charge in [0.2, 0.25) is 15.9 Å². The molecular weight excluding hydrogens is 430 g/mol. The summed E-state index contributed by atoms with van der Waals surface area (Å²) in [5.74, 6) is -1.89. The van der Waals surface area contributed by atoms with Crippen molar-refractivity contribution < 1.29 is 23.1 Å². The molecule has 1 saturated heterocycles. The summed E-state index contributed by atoms with van der Waals surface area (Å²) in [4.78, 5) is 27.9. The van der Waals surface area contributed by atoms with Crippen LogP contribution in [0.1, 0.15) is 18.4 Å². The molecule has 1 aliphatic heterocycles. The van der Waals surface area contributed by atoms with Crippen LogP contribution in [0.25, 0.3) is 10.9 Å². The molecule has 1 aromatic heterocycles. The van der Waals surface area contributed by atoms with Crippen LogP contribution in [-0.4, -0.2) is 53.8 Å². The number of aromatic amines is 1. The molecule has 3 aromatic rings. The fourth-order valence-corrected chi connectivity index (χ4v) is 5.60. The maximum Gasteiger partial charge on any atom is 0.326 e. The van der Waals surface area contributed by atoms with Gasteiger partial charge >= 0.3 is 5.97 Å². The van der Waals surface area contributed by atoms with Crippen molar-refractivity contribution in [1.82, 2.24) is 14.6 Å². The third kappa shape index (κ3) is 4.53. The third-order valence-corrected chi connectivity index (χ3v) is 7.83. The van der Waals surface area contributed by atoms with Crippen molar-refractivity contribution in [3.8, 4) is 0 Å². The number of piperidine rings is 1. The number of aliphatic carboxylic acids is 1. The van der Waals surface area contributed by atoms with Crippen molar-refractivity contribution in [3.63, 3.8) is 0 Å². The SMILES string of the molecule is O=C(N[C@@H](Cc1c[nH]c2ccccc12)C(=O)O)C1CCN(S(=O)(=O)c2ccccc2)CC1. The van der Waals surface area contributed by atoms with Gasteiger partial charge in [0, 0.05) is 42.5 Å². The topological polar surface area (TPSA) is 120 Å². The predicted molar refractivity (Wildman–Crippen MR) is 119 cm³/mol. The lowest BCUT2D eigenvalue weighted by atomic mass is 9.96. The summed E-state index contributed by atoms with van der Waals surface area (Å²) in [7, 11) is -3.60. The van der Waals surface area contributed by atoms with E-state index in [-0.39, 0.29) is 30.3 Å². The summed E-state index contributed by atoms with van der Waals surface area (Å²) in [6, 6.07) is 14.7. The van der Waals surface area contributed by atoms with Crippen LogP contribution in [0.5, 0.6) is 0 Å². The van der Waals surface area contributed by atoms with Crippen LogP contribution in [0.15, 0.2) is 65.7 Å². The summed E-state index contributed by atoms with van der Waals surface area (Å²) in [6.07, 6.45) is 2.61. The zero-order valence-electron chi connectivity index (χ0n) is 17.4. The van der Waals surface area contributed by atoms with E-state index < -0.39 is 28.0 Å². The predicted octanol–water partition coefficient (Wildman–Crippen LogP) is 2.38. The molecule has 1 aliphatic rings. The Balaban J connectivity index is 1.38. The number of carboxylic acids is 1. The van der Waals surface area contributed by atoms with Gasteiger partial charge in [0.15, 0.2) is 0 Å². The Hall–Kier alpha value is -3.17. The number of amides is 1. The van der Waals surface area contributed by atoms with Crippen LogP contribution >= 0.6 is 0 Å². The Kier molecular flexibility index (Phi) is 6.29. The lowest BCUT2D eigenvalue weighted by Gasteiger charge is -2.31. The van der Waals surface area contributed by atoms with E-state index in [1.807, 2.05) is 24.3 Å². The van der Waals surface area contributed by atoms with Gasteiger partial charge in [-0.1, -0.05) is 36.4 Å². The van der Waals surface area contributed by atoms with Crippen LogP contribution in [0, 0.1) is 5.92 Å². The van der Waals surface area contributed by atoms with Crippen LogP contribution in [0.3, 0.4) is 0 Å². The van der Waals surface area contributed by atoms with Gasteiger partial charge in [0.05, 0.1) is 4.90 Å². The highest BCUT2D eigenvalue weighted by molar-refractivity contribution is 7.89. The third-order valence-electron chi connectivity index (χ3n) is 5.92. The van der Waals surface area contributed by atoms with Crippen LogP contribution < -0.4 is 5.32 Å². The van der Waals surface area contributed by atoms with Crippen LogP contribution in [0.4, 0.5) is 0 Å². The van der Waals surface area contributed by atoms with Crippen molar-refractivity contribution in [2.45, 2.75) is 30.2 Å². The van der Waals surface area contributed by atoms with E-state index in [1.165, 1.54) is 4.31 Å². The number of carbonyl (C=O) groups excluding carboxylic acids is 1. The number of benzene rings is 2. The van der Waals surface area contributed by atoms with Crippen LogP contribution in [0.2, 0.25) is 0 Å². The van der Waals surface area contributed by atoms with E-state index in [9.17, 15) is 23.1 Å². The van der Waals surface area contributed by atoms with Crippen molar-refractivity contribution >= 4 is 32.8 Å². The van der Waals surface area contributed by atoms with Gasteiger partial charge in [-0.3, -0.25) is 4.79 Å². The molecular formula is C23H25N3O5S. The first-order valence-corrected chi connectivity index (χ1v) is 11.9. The molecule has 8 nitrogen and oxygen atoms in total. The van der Waals surface area contributed by atoms with Gasteiger partial charge in [-0.25, -0.2) is 13.2 Å². The molecule has 1 fully saturated rings. The average Bonchev–Trinajstić information content (AvgIpc) is 3.22. The fourth-order valence-electron chi connectivity index (χ4n) is 4.11. The number of nitrogens with zero attached hydrogens (tertiary/aromatic N) is 1. The average molecular weight is 456 g/mol.